The van der Waals surface area contributed by atoms with Gasteiger partial charge in [0.25, 0.3) is 0 Å². The molecule has 0 amide bonds. The van der Waals surface area contributed by atoms with Crippen molar-refractivity contribution < 1.29 is 0 Å². The van der Waals surface area contributed by atoms with Crippen LogP contribution in [-0.4, -0.2) is 7.05 Å². The summed E-state index contributed by atoms with van der Waals surface area (Å²) in [6.07, 6.45) is 0. The first kappa shape index (κ1) is 11.3. The van der Waals surface area contributed by atoms with E-state index in [4.69, 9.17) is 0 Å². The van der Waals surface area contributed by atoms with Crippen LogP contribution in [0.5, 0.6) is 0 Å². The second-order valence-electron chi connectivity index (χ2n) is 5.72. The van der Waals surface area contributed by atoms with Gasteiger partial charge in [0, 0.05) is 23.8 Å². The van der Waals surface area contributed by atoms with E-state index in [1.54, 1.807) is 0 Å². The quantitative estimate of drug-likeness (QED) is 0.656. The van der Waals surface area contributed by atoms with Crippen LogP contribution in [0.25, 0.3) is 0 Å². The van der Waals surface area contributed by atoms with E-state index in [2.05, 4.69) is 75.2 Å². The fourth-order valence-electron chi connectivity index (χ4n) is 3.02. The van der Waals surface area contributed by atoms with Gasteiger partial charge in [0.15, 0.2) is 0 Å². The third kappa shape index (κ3) is 1.40. The number of anilines is 2. The van der Waals surface area contributed by atoms with E-state index in [0.29, 0.717) is 0 Å². The number of benzene rings is 2. The maximum Gasteiger partial charge on any atom is 0.0452 e. The minimum atomic E-state index is 0.0755. The number of fused-ring (bicyclic) bond motifs is 2. The first-order chi connectivity index (χ1) is 8.51. The molecule has 0 bridgehead atoms. The average molecular weight is 237 g/mol. The van der Waals surface area contributed by atoms with Crippen LogP contribution >= 0.6 is 0 Å². The van der Waals surface area contributed by atoms with Gasteiger partial charge in [-0.2, -0.15) is 0 Å². The molecule has 0 saturated heterocycles. The zero-order valence-corrected chi connectivity index (χ0v) is 11.5. The first-order valence-corrected chi connectivity index (χ1v) is 6.46. The summed E-state index contributed by atoms with van der Waals surface area (Å²) in [5.41, 5.74) is 6.86. The fourth-order valence-corrected chi connectivity index (χ4v) is 3.02. The second kappa shape index (κ2) is 3.61. The Balaban J connectivity index is 2.33. The first-order valence-electron chi connectivity index (χ1n) is 6.46. The number of para-hydroxylation sites is 1. The molecule has 0 radical (unpaired) electrons. The SMILES string of the molecule is Cc1ccc2c(c1)N(C)c1ccccc1C2(C)C. The van der Waals surface area contributed by atoms with Crippen molar-refractivity contribution in [3.63, 3.8) is 0 Å². The monoisotopic (exact) mass is 237 g/mol. The molecule has 2 aromatic rings. The van der Waals surface area contributed by atoms with Crippen molar-refractivity contribution in [2.45, 2.75) is 26.2 Å². The van der Waals surface area contributed by atoms with Crippen LogP contribution in [0, 0.1) is 6.92 Å². The zero-order chi connectivity index (χ0) is 12.9. The van der Waals surface area contributed by atoms with Crippen LogP contribution in [0.3, 0.4) is 0 Å². The number of nitrogens with zero attached hydrogens (tertiary/aromatic N) is 1. The summed E-state index contributed by atoms with van der Waals surface area (Å²) in [4.78, 5) is 2.31. The molecule has 18 heavy (non-hydrogen) atoms. The average Bonchev–Trinajstić information content (AvgIpc) is 2.36. The highest BCUT2D eigenvalue weighted by molar-refractivity contribution is 5.77. The molecule has 0 fully saturated rings. The van der Waals surface area contributed by atoms with Crippen molar-refractivity contribution in [2.75, 3.05) is 11.9 Å². The summed E-state index contributed by atoms with van der Waals surface area (Å²) in [7, 11) is 2.16. The highest BCUT2D eigenvalue weighted by Crippen LogP contribution is 2.47. The van der Waals surface area contributed by atoms with Crippen LogP contribution in [0.15, 0.2) is 42.5 Å². The van der Waals surface area contributed by atoms with Gasteiger partial charge in [0.1, 0.15) is 0 Å². The van der Waals surface area contributed by atoms with Gasteiger partial charge in [-0.25, -0.2) is 0 Å². The van der Waals surface area contributed by atoms with E-state index in [-0.39, 0.29) is 5.41 Å². The highest BCUT2D eigenvalue weighted by Gasteiger charge is 2.34. The Hall–Kier alpha value is -1.76. The predicted molar refractivity (Wildman–Crippen MR) is 77.8 cm³/mol. The van der Waals surface area contributed by atoms with Gasteiger partial charge in [0.05, 0.1) is 0 Å². The number of rotatable bonds is 0. The van der Waals surface area contributed by atoms with Crippen molar-refractivity contribution >= 4 is 11.4 Å². The molecule has 0 spiro atoms. The van der Waals surface area contributed by atoms with Gasteiger partial charge in [-0.3, -0.25) is 0 Å². The van der Waals surface area contributed by atoms with E-state index in [1.165, 1.54) is 28.1 Å². The number of aryl methyl sites for hydroxylation is 1. The van der Waals surface area contributed by atoms with Crippen molar-refractivity contribution in [2.24, 2.45) is 0 Å². The molecule has 2 aromatic carbocycles. The highest BCUT2D eigenvalue weighted by atomic mass is 15.1. The van der Waals surface area contributed by atoms with E-state index in [0.717, 1.165) is 0 Å². The van der Waals surface area contributed by atoms with Crippen LogP contribution in [0.1, 0.15) is 30.5 Å². The van der Waals surface area contributed by atoms with Gasteiger partial charge in [-0.15, -0.1) is 0 Å². The molecule has 1 aliphatic heterocycles. The van der Waals surface area contributed by atoms with Gasteiger partial charge < -0.3 is 4.90 Å². The Morgan fingerprint density at radius 1 is 0.889 bits per heavy atom. The standard InChI is InChI=1S/C17H19N/c1-12-9-10-14-16(11-12)18(4)15-8-6-5-7-13(15)17(14,2)3/h5-11H,1-4H3. The summed E-state index contributed by atoms with van der Waals surface area (Å²) in [5, 5.41) is 0. The predicted octanol–water partition coefficient (Wildman–Crippen LogP) is 4.40. The second-order valence-corrected chi connectivity index (χ2v) is 5.72. The molecule has 1 heterocycles. The Morgan fingerprint density at radius 2 is 1.56 bits per heavy atom. The Morgan fingerprint density at radius 3 is 2.33 bits per heavy atom. The van der Waals surface area contributed by atoms with Crippen LogP contribution in [0.2, 0.25) is 0 Å². The minimum absolute atomic E-state index is 0.0755. The van der Waals surface area contributed by atoms with E-state index in [1.807, 2.05) is 0 Å². The summed E-state index contributed by atoms with van der Waals surface area (Å²) in [5.74, 6) is 0. The lowest BCUT2D eigenvalue weighted by Crippen LogP contribution is -2.30. The van der Waals surface area contributed by atoms with E-state index < -0.39 is 0 Å². The Labute approximate surface area is 109 Å². The van der Waals surface area contributed by atoms with Crippen molar-refractivity contribution in [1.29, 1.82) is 0 Å². The molecule has 0 N–H and O–H groups in total. The summed E-state index contributed by atoms with van der Waals surface area (Å²) >= 11 is 0. The van der Waals surface area contributed by atoms with Crippen LogP contribution in [0.4, 0.5) is 11.4 Å². The molecule has 0 atom stereocenters. The molecular weight excluding hydrogens is 218 g/mol. The lowest BCUT2D eigenvalue weighted by atomic mass is 9.73. The third-order valence-corrected chi connectivity index (χ3v) is 4.13. The van der Waals surface area contributed by atoms with Gasteiger partial charge >= 0.3 is 0 Å². The van der Waals surface area contributed by atoms with Gasteiger partial charge in [0.2, 0.25) is 0 Å². The smallest absolute Gasteiger partial charge is 0.0452 e. The summed E-state index contributed by atoms with van der Waals surface area (Å²) in [6.45, 7) is 6.78. The van der Waals surface area contributed by atoms with Gasteiger partial charge in [-0.1, -0.05) is 44.2 Å². The normalized spacial score (nSPS) is 16.1. The van der Waals surface area contributed by atoms with E-state index in [9.17, 15) is 0 Å². The third-order valence-electron chi connectivity index (χ3n) is 4.13. The molecule has 0 unspecified atom stereocenters. The molecule has 1 nitrogen and oxygen atoms in total. The van der Waals surface area contributed by atoms with Gasteiger partial charge in [-0.05, 0) is 35.7 Å². The topological polar surface area (TPSA) is 3.24 Å². The van der Waals surface area contributed by atoms with Crippen molar-refractivity contribution in [3.05, 3.63) is 59.2 Å². The number of hydrogen-bond donors (Lipinski definition) is 0. The molecule has 1 heteroatoms. The molecule has 0 saturated carbocycles. The molecule has 1 aliphatic rings. The van der Waals surface area contributed by atoms with Crippen LogP contribution in [-0.2, 0) is 5.41 Å². The Bertz CT molecular complexity index is 611. The summed E-state index contributed by atoms with van der Waals surface area (Å²) in [6, 6.07) is 15.5. The Kier molecular flexibility index (Phi) is 2.28. The lowest BCUT2D eigenvalue weighted by Gasteiger charge is -2.40. The largest absolute Gasteiger partial charge is 0.344 e. The van der Waals surface area contributed by atoms with Crippen molar-refractivity contribution in [3.8, 4) is 0 Å². The zero-order valence-electron chi connectivity index (χ0n) is 11.5. The fraction of sp³-hybridized carbons (Fsp3) is 0.294. The maximum atomic E-state index is 2.31. The number of hydrogen-bond acceptors (Lipinski definition) is 1. The minimum Gasteiger partial charge on any atom is -0.344 e. The molecule has 3 rings (SSSR count). The molecule has 92 valence electrons. The van der Waals surface area contributed by atoms with E-state index >= 15 is 0 Å². The van der Waals surface area contributed by atoms with Crippen LogP contribution < -0.4 is 4.90 Å². The van der Waals surface area contributed by atoms with Crippen molar-refractivity contribution in [1.82, 2.24) is 0 Å². The molecule has 0 aliphatic carbocycles. The summed E-state index contributed by atoms with van der Waals surface area (Å²) < 4.78 is 0. The maximum absolute atomic E-state index is 2.31. The lowest BCUT2D eigenvalue weighted by molar-refractivity contribution is 0.629. The molecule has 0 aromatic heterocycles. The molecular formula is C17H19N.